The summed E-state index contributed by atoms with van der Waals surface area (Å²) >= 11 is 12.1. The van der Waals surface area contributed by atoms with E-state index in [1.807, 2.05) is 0 Å². The summed E-state index contributed by atoms with van der Waals surface area (Å²) in [6, 6.07) is 6.07. The number of esters is 1. The summed E-state index contributed by atoms with van der Waals surface area (Å²) < 4.78 is 28.9. The molecule has 1 aliphatic carbocycles. The van der Waals surface area contributed by atoms with Crippen LogP contribution in [0.1, 0.15) is 11.5 Å². The van der Waals surface area contributed by atoms with Gasteiger partial charge in [-0.3, -0.25) is 4.79 Å². The Kier molecular flexibility index (Phi) is 4.03. The Morgan fingerprint density at radius 3 is 2.30 bits per heavy atom. The second-order valence-corrected chi connectivity index (χ2v) is 7.76. The normalized spacial score (nSPS) is 24.2. The SMILES string of the molecule is CNS(=O)(=O)c1ccc(C2C(C(=O)OC)C2(Cl)Cl)cc1. The fourth-order valence-electron chi connectivity index (χ4n) is 2.13. The molecule has 1 fully saturated rings. The number of hydrogen-bond acceptors (Lipinski definition) is 4. The molecule has 1 N–H and O–H groups in total. The van der Waals surface area contributed by atoms with Gasteiger partial charge in [-0.1, -0.05) is 35.3 Å². The van der Waals surface area contributed by atoms with Crippen LogP contribution < -0.4 is 4.72 Å². The van der Waals surface area contributed by atoms with Crippen molar-refractivity contribution < 1.29 is 17.9 Å². The number of halogens is 2. The first-order chi connectivity index (χ1) is 9.25. The lowest BCUT2D eigenvalue weighted by Crippen LogP contribution is -2.18. The number of nitrogens with one attached hydrogen (secondary N) is 1. The van der Waals surface area contributed by atoms with E-state index < -0.39 is 32.2 Å². The van der Waals surface area contributed by atoms with Crippen LogP contribution in [0.4, 0.5) is 0 Å². The second-order valence-electron chi connectivity index (χ2n) is 4.43. The van der Waals surface area contributed by atoms with E-state index in [9.17, 15) is 13.2 Å². The van der Waals surface area contributed by atoms with Crippen molar-refractivity contribution in [2.75, 3.05) is 14.2 Å². The molecular formula is C12H13Cl2NO4S. The lowest BCUT2D eigenvalue weighted by atomic mass is 10.1. The fourth-order valence-corrected chi connectivity index (χ4v) is 3.67. The molecule has 0 aliphatic heterocycles. The standard InChI is InChI=1S/C12H13Cl2NO4S/c1-15-20(17,18)8-5-3-7(4-6-8)9-10(11(16)19-2)12(9,13)14/h3-6,9-10,15H,1-2H3. The molecule has 1 aromatic carbocycles. The van der Waals surface area contributed by atoms with Gasteiger partial charge in [-0.05, 0) is 24.7 Å². The molecule has 0 bridgehead atoms. The van der Waals surface area contributed by atoms with Gasteiger partial charge in [0, 0.05) is 5.92 Å². The number of sulfonamides is 1. The van der Waals surface area contributed by atoms with E-state index in [0.29, 0.717) is 5.56 Å². The molecule has 1 aromatic rings. The largest absolute Gasteiger partial charge is 0.469 e. The second kappa shape index (κ2) is 5.18. The quantitative estimate of drug-likeness (QED) is 0.669. The first kappa shape index (κ1) is 15.6. The van der Waals surface area contributed by atoms with E-state index in [1.165, 1.54) is 26.3 Å². The summed E-state index contributed by atoms with van der Waals surface area (Å²) in [7, 11) is -0.890. The highest BCUT2D eigenvalue weighted by Crippen LogP contribution is 2.65. The van der Waals surface area contributed by atoms with Crippen molar-refractivity contribution in [3.63, 3.8) is 0 Å². The predicted octanol–water partition coefficient (Wildman–Crippen LogP) is 1.65. The Morgan fingerprint density at radius 2 is 1.85 bits per heavy atom. The van der Waals surface area contributed by atoms with Crippen LogP contribution in [0.5, 0.6) is 0 Å². The van der Waals surface area contributed by atoms with Crippen molar-refractivity contribution in [2.45, 2.75) is 15.1 Å². The molecule has 8 heteroatoms. The average Bonchev–Trinajstić information content (AvgIpc) is 3.00. The van der Waals surface area contributed by atoms with E-state index in [1.54, 1.807) is 12.1 Å². The first-order valence-electron chi connectivity index (χ1n) is 5.75. The minimum absolute atomic E-state index is 0.133. The molecule has 110 valence electrons. The molecule has 0 heterocycles. The summed E-state index contributed by atoms with van der Waals surface area (Å²) in [5.74, 6) is -1.51. The van der Waals surface area contributed by atoms with Crippen molar-refractivity contribution in [3.8, 4) is 0 Å². The fraction of sp³-hybridized carbons (Fsp3) is 0.417. The average molecular weight is 338 g/mol. The minimum Gasteiger partial charge on any atom is -0.469 e. The molecule has 2 atom stereocenters. The molecule has 0 spiro atoms. The molecule has 2 rings (SSSR count). The monoisotopic (exact) mass is 337 g/mol. The van der Waals surface area contributed by atoms with E-state index >= 15 is 0 Å². The molecule has 0 radical (unpaired) electrons. The Balaban J connectivity index is 2.27. The van der Waals surface area contributed by atoms with Crippen molar-refractivity contribution >= 4 is 39.2 Å². The van der Waals surface area contributed by atoms with Crippen LogP contribution in [0, 0.1) is 5.92 Å². The third-order valence-electron chi connectivity index (χ3n) is 3.33. The first-order valence-corrected chi connectivity index (χ1v) is 7.98. The summed E-state index contributed by atoms with van der Waals surface area (Å²) in [6.45, 7) is 0. The Hall–Kier alpha value is -0.820. The molecule has 1 saturated carbocycles. The maximum atomic E-state index is 11.6. The molecule has 0 amide bonds. The van der Waals surface area contributed by atoms with E-state index in [2.05, 4.69) is 9.46 Å². The van der Waals surface area contributed by atoms with Gasteiger partial charge >= 0.3 is 5.97 Å². The van der Waals surface area contributed by atoms with Gasteiger partial charge in [-0.25, -0.2) is 13.1 Å². The number of carbonyl (C=O) groups is 1. The maximum absolute atomic E-state index is 11.6. The number of alkyl halides is 2. The molecule has 20 heavy (non-hydrogen) atoms. The third-order valence-corrected chi connectivity index (χ3v) is 5.70. The molecule has 5 nitrogen and oxygen atoms in total. The lowest BCUT2D eigenvalue weighted by molar-refractivity contribution is -0.142. The highest BCUT2D eigenvalue weighted by Gasteiger charge is 2.68. The molecule has 1 aliphatic rings. The predicted molar refractivity (Wildman–Crippen MR) is 75.4 cm³/mol. The molecule has 0 saturated heterocycles. The molecule has 0 aromatic heterocycles. The number of rotatable bonds is 4. The van der Waals surface area contributed by atoms with Crippen LogP contribution in [0.2, 0.25) is 0 Å². The van der Waals surface area contributed by atoms with Gasteiger partial charge in [0.1, 0.15) is 10.3 Å². The van der Waals surface area contributed by atoms with Gasteiger partial charge in [-0.15, -0.1) is 0 Å². The highest BCUT2D eigenvalue weighted by molar-refractivity contribution is 7.89. The third kappa shape index (κ3) is 2.53. The van der Waals surface area contributed by atoms with E-state index in [0.717, 1.165) is 0 Å². The van der Waals surface area contributed by atoms with Crippen LogP contribution >= 0.6 is 23.2 Å². The Bertz CT molecular complexity index is 627. The van der Waals surface area contributed by atoms with Crippen molar-refractivity contribution in [2.24, 2.45) is 5.92 Å². The van der Waals surface area contributed by atoms with Crippen molar-refractivity contribution in [1.29, 1.82) is 0 Å². The smallest absolute Gasteiger partial charge is 0.312 e. The Labute approximate surface area is 127 Å². The van der Waals surface area contributed by atoms with Gasteiger partial charge < -0.3 is 4.74 Å². The van der Waals surface area contributed by atoms with Crippen molar-refractivity contribution in [3.05, 3.63) is 29.8 Å². The zero-order valence-electron chi connectivity index (χ0n) is 10.8. The van der Waals surface area contributed by atoms with Gasteiger partial charge in [0.15, 0.2) is 0 Å². The maximum Gasteiger partial charge on any atom is 0.312 e. The van der Waals surface area contributed by atoms with E-state index in [-0.39, 0.29) is 4.90 Å². The van der Waals surface area contributed by atoms with Crippen molar-refractivity contribution in [1.82, 2.24) is 4.72 Å². The van der Waals surface area contributed by atoms with Gasteiger partial charge in [0.25, 0.3) is 0 Å². The van der Waals surface area contributed by atoms with Crippen LogP contribution in [-0.2, 0) is 19.6 Å². The number of hydrogen-bond donors (Lipinski definition) is 1. The van der Waals surface area contributed by atoms with Gasteiger partial charge in [0.2, 0.25) is 10.0 Å². The highest BCUT2D eigenvalue weighted by atomic mass is 35.5. The zero-order chi connectivity index (χ0) is 15.1. The summed E-state index contributed by atoms with van der Waals surface area (Å²) in [5.41, 5.74) is 0.695. The topological polar surface area (TPSA) is 72.5 Å². The number of carbonyl (C=O) groups excluding carboxylic acids is 1. The minimum atomic E-state index is -3.49. The number of methoxy groups -OCH3 is 1. The number of benzene rings is 1. The summed E-state index contributed by atoms with van der Waals surface area (Å²) in [6.07, 6.45) is 0. The van der Waals surface area contributed by atoms with Gasteiger partial charge in [-0.2, -0.15) is 0 Å². The Morgan fingerprint density at radius 1 is 1.30 bits per heavy atom. The summed E-state index contributed by atoms with van der Waals surface area (Å²) in [4.78, 5) is 11.7. The molecule has 2 unspecified atom stereocenters. The van der Waals surface area contributed by atoms with Crippen LogP contribution in [0.25, 0.3) is 0 Å². The summed E-state index contributed by atoms with van der Waals surface area (Å²) in [5, 5.41) is 0. The number of ether oxygens (including phenoxy) is 1. The van der Waals surface area contributed by atoms with Crippen LogP contribution in [-0.4, -0.2) is 32.9 Å². The molecular weight excluding hydrogens is 325 g/mol. The van der Waals surface area contributed by atoms with Crippen LogP contribution in [0.15, 0.2) is 29.2 Å². The lowest BCUT2D eigenvalue weighted by Gasteiger charge is -2.04. The van der Waals surface area contributed by atoms with Crippen LogP contribution in [0.3, 0.4) is 0 Å². The zero-order valence-corrected chi connectivity index (χ0v) is 13.1. The van der Waals surface area contributed by atoms with E-state index in [4.69, 9.17) is 23.2 Å². The van der Waals surface area contributed by atoms with Gasteiger partial charge in [0.05, 0.1) is 12.0 Å².